The second-order valence-electron chi connectivity index (χ2n) is 7.57. The van der Waals surface area contributed by atoms with Gasteiger partial charge in [-0.15, -0.1) is 0 Å². The molecular formula is C20H25N3O5. The maximum absolute atomic E-state index is 12.6. The van der Waals surface area contributed by atoms with E-state index >= 15 is 0 Å². The van der Waals surface area contributed by atoms with Gasteiger partial charge in [0.05, 0.1) is 13.0 Å². The molecule has 1 saturated carbocycles. The SMILES string of the molecule is O=C(C[C@H]1NC(=O)N(Cc2ccc3c(c2)OCO3)C1=O)NC1CCCCCC1. The average Bonchev–Trinajstić information content (AvgIpc) is 3.12. The van der Waals surface area contributed by atoms with Crippen LogP contribution in [0.15, 0.2) is 18.2 Å². The molecule has 28 heavy (non-hydrogen) atoms. The molecule has 2 fully saturated rings. The number of urea groups is 1. The van der Waals surface area contributed by atoms with Gasteiger partial charge in [0, 0.05) is 6.04 Å². The van der Waals surface area contributed by atoms with Crippen LogP contribution < -0.4 is 20.1 Å². The van der Waals surface area contributed by atoms with Gasteiger partial charge in [0.25, 0.3) is 5.91 Å². The fraction of sp³-hybridized carbons (Fsp3) is 0.550. The van der Waals surface area contributed by atoms with E-state index in [1.165, 1.54) is 12.8 Å². The molecule has 2 heterocycles. The van der Waals surface area contributed by atoms with Crippen LogP contribution in [-0.4, -0.2) is 41.6 Å². The molecule has 0 spiro atoms. The van der Waals surface area contributed by atoms with Gasteiger partial charge in [-0.05, 0) is 30.5 Å². The van der Waals surface area contributed by atoms with Crippen molar-refractivity contribution in [2.45, 2.75) is 63.6 Å². The molecule has 0 unspecified atom stereocenters. The number of hydrogen-bond acceptors (Lipinski definition) is 5. The summed E-state index contributed by atoms with van der Waals surface area (Å²) in [5.74, 6) is 0.687. The lowest BCUT2D eigenvalue weighted by Gasteiger charge is -2.17. The van der Waals surface area contributed by atoms with Gasteiger partial charge in [-0.2, -0.15) is 0 Å². The first-order valence-electron chi connectivity index (χ1n) is 9.90. The minimum atomic E-state index is -0.813. The molecule has 2 N–H and O–H groups in total. The number of carbonyl (C=O) groups excluding carboxylic acids is 3. The van der Waals surface area contributed by atoms with Crippen molar-refractivity contribution in [2.75, 3.05) is 6.79 Å². The minimum absolute atomic E-state index is 0.0291. The second kappa shape index (κ2) is 8.08. The van der Waals surface area contributed by atoms with Crippen molar-refractivity contribution < 1.29 is 23.9 Å². The molecule has 1 saturated heterocycles. The van der Waals surface area contributed by atoms with Gasteiger partial charge >= 0.3 is 6.03 Å². The van der Waals surface area contributed by atoms with E-state index in [0.717, 1.165) is 36.1 Å². The lowest BCUT2D eigenvalue weighted by molar-refractivity contribution is -0.131. The molecule has 4 amide bonds. The average molecular weight is 387 g/mol. The normalized spacial score (nSPS) is 22.1. The first-order valence-corrected chi connectivity index (χ1v) is 9.90. The zero-order valence-corrected chi connectivity index (χ0v) is 15.7. The Balaban J connectivity index is 1.33. The fourth-order valence-corrected chi connectivity index (χ4v) is 3.98. The summed E-state index contributed by atoms with van der Waals surface area (Å²) in [4.78, 5) is 38.4. The van der Waals surface area contributed by atoms with Crippen LogP contribution in [0.5, 0.6) is 11.5 Å². The fourth-order valence-electron chi connectivity index (χ4n) is 3.98. The monoisotopic (exact) mass is 387 g/mol. The van der Waals surface area contributed by atoms with Crippen LogP contribution in [-0.2, 0) is 16.1 Å². The maximum Gasteiger partial charge on any atom is 0.325 e. The van der Waals surface area contributed by atoms with Crippen molar-refractivity contribution in [2.24, 2.45) is 0 Å². The number of rotatable bonds is 5. The standard InChI is InChI=1S/C20H25N3O5/c24-18(21-14-5-3-1-2-4-6-14)10-15-19(25)23(20(26)22-15)11-13-7-8-16-17(9-13)28-12-27-16/h7-9,14-15H,1-6,10-12H2,(H,21,24)(H,22,26)/t15-/m1/s1. The molecule has 4 rings (SSSR count). The molecule has 1 aliphatic carbocycles. The number of amides is 4. The van der Waals surface area contributed by atoms with Gasteiger partial charge in [-0.1, -0.05) is 31.7 Å². The summed E-state index contributed by atoms with van der Waals surface area (Å²) >= 11 is 0. The third-order valence-electron chi connectivity index (χ3n) is 5.49. The van der Waals surface area contributed by atoms with Crippen LogP contribution in [0.3, 0.4) is 0 Å². The van der Waals surface area contributed by atoms with Crippen molar-refractivity contribution >= 4 is 17.8 Å². The molecule has 1 aromatic rings. The Morgan fingerprint density at radius 2 is 1.86 bits per heavy atom. The summed E-state index contributed by atoms with van der Waals surface area (Å²) in [7, 11) is 0. The molecule has 150 valence electrons. The van der Waals surface area contributed by atoms with Gasteiger partial charge in [0.2, 0.25) is 12.7 Å². The topological polar surface area (TPSA) is 97.0 Å². The molecule has 3 aliphatic rings. The van der Waals surface area contributed by atoms with E-state index in [2.05, 4.69) is 10.6 Å². The smallest absolute Gasteiger partial charge is 0.325 e. The zero-order valence-electron chi connectivity index (χ0n) is 15.7. The van der Waals surface area contributed by atoms with E-state index in [-0.39, 0.29) is 37.6 Å². The minimum Gasteiger partial charge on any atom is -0.454 e. The van der Waals surface area contributed by atoms with Crippen LogP contribution in [0.4, 0.5) is 4.79 Å². The Kier molecular flexibility index (Phi) is 5.36. The molecular weight excluding hydrogens is 362 g/mol. The van der Waals surface area contributed by atoms with Crippen molar-refractivity contribution in [3.05, 3.63) is 23.8 Å². The van der Waals surface area contributed by atoms with E-state index in [4.69, 9.17) is 9.47 Å². The molecule has 8 heteroatoms. The number of hydrogen-bond donors (Lipinski definition) is 2. The van der Waals surface area contributed by atoms with Crippen molar-refractivity contribution in [1.82, 2.24) is 15.5 Å². The van der Waals surface area contributed by atoms with Gasteiger partial charge < -0.3 is 20.1 Å². The van der Waals surface area contributed by atoms with E-state index in [1.54, 1.807) is 18.2 Å². The van der Waals surface area contributed by atoms with Crippen molar-refractivity contribution in [1.29, 1.82) is 0 Å². The highest BCUT2D eigenvalue weighted by atomic mass is 16.7. The molecule has 1 aromatic carbocycles. The molecule has 0 aromatic heterocycles. The van der Waals surface area contributed by atoms with Gasteiger partial charge in [-0.25, -0.2) is 4.79 Å². The Hall–Kier alpha value is -2.77. The van der Waals surface area contributed by atoms with E-state index in [9.17, 15) is 14.4 Å². The van der Waals surface area contributed by atoms with Gasteiger partial charge in [0.15, 0.2) is 11.5 Å². The Morgan fingerprint density at radius 1 is 1.11 bits per heavy atom. The van der Waals surface area contributed by atoms with Crippen LogP contribution in [0.25, 0.3) is 0 Å². The highest BCUT2D eigenvalue weighted by Crippen LogP contribution is 2.33. The highest BCUT2D eigenvalue weighted by molar-refractivity contribution is 6.05. The summed E-state index contributed by atoms with van der Waals surface area (Å²) in [6.45, 7) is 0.294. The number of imide groups is 1. The van der Waals surface area contributed by atoms with Gasteiger partial charge in [0.1, 0.15) is 6.04 Å². The molecule has 0 radical (unpaired) electrons. The Morgan fingerprint density at radius 3 is 2.64 bits per heavy atom. The van der Waals surface area contributed by atoms with Crippen LogP contribution in [0.2, 0.25) is 0 Å². The molecule has 2 aliphatic heterocycles. The number of nitrogens with zero attached hydrogens (tertiary/aromatic N) is 1. The van der Waals surface area contributed by atoms with Crippen molar-refractivity contribution in [3.63, 3.8) is 0 Å². The molecule has 1 atom stereocenters. The number of carbonyl (C=O) groups is 3. The van der Waals surface area contributed by atoms with Crippen LogP contribution in [0.1, 0.15) is 50.5 Å². The summed E-state index contributed by atoms with van der Waals surface area (Å²) in [5.41, 5.74) is 0.760. The largest absolute Gasteiger partial charge is 0.454 e. The second-order valence-corrected chi connectivity index (χ2v) is 7.57. The maximum atomic E-state index is 12.6. The van der Waals surface area contributed by atoms with Crippen molar-refractivity contribution in [3.8, 4) is 11.5 Å². The van der Waals surface area contributed by atoms with E-state index in [1.807, 2.05) is 0 Å². The van der Waals surface area contributed by atoms with Crippen LogP contribution >= 0.6 is 0 Å². The summed E-state index contributed by atoms with van der Waals surface area (Å²) in [6, 6.07) is 4.19. The number of benzene rings is 1. The first kappa shape index (κ1) is 18.6. The van der Waals surface area contributed by atoms with E-state index < -0.39 is 12.1 Å². The van der Waals surface area contributed by atoms with Gasteiger partial charge in [-0.3, -0.25) is 14.5 Å². The Labute approximate surface area is 163 Å². The highest BCUT2D eigenvalue weighted by Gasteiger charge is 2.39. The molecule has 0 bridgehead atoms. The summed E-state index contributed by atoms with van der Waals surface area (Å²) < 4.78 is 10.6. The predicted octanol–water partition coefficient (Wildman–Crippen LogP) is 2.06. The zero-order chi connectivity index (χ0) is 19.5. The lowest BCUT2D eigenvalue weighted by Crippen LogP contribution is -2.40. The number of nitrogens with one attached hydrogen (secondary N) is 2. The predicted molar refractivity (Wildman–Crippen MR) is 99.7 cm³/mol. The summed E-state index contributed by atoms with van der Waals surface area (Å²) in [6.07, 6.45) is 6.58. The number of ether oxygens (including phenoxy) is 2. The summed E-state index contributed by atoms with van der Waals surface area (Å²) in [5, 5.41) is 5.65. The third-order valence-corrected chi connectivity index (χ3v) is 5.49. The lowest BCUT2D eigenvalue weighted by atomic mass is 10.1. The third kappa shape index (κ3) is 4.05. The quantitative estimate of drug-likeness (QED) is 0.595. The number of fused-ring (bicyclic) bond motifs is 1. The first-order chi connectivity index (χ1) is 13.6. The van der Waals surface area contributed by atoms with E-state index in [0.29, 0.717) is 11.5 Å². The molecule has 8 nitrogen and oxygen atoms in total. The van der Waals surface area contributed by atoms with Crippen LogP contribution in [0, 0.1) is 0 Å². The Bertz CT molecular complexity index is 773.